The van der Waals surface area contributed by atoms with Crippen molar-refractivity contribution < 1.29 is 14.5 Å². The van der Waals surface area contributed by atoms with Crippen LogP contribution in [0.5, 0.6) is 0 Å². The van der Waals surface area contributed by atoms with Crippen LogP contribution in [0.4, 0.5) is 0 Å². The maximum atomic E-state index is 10.3. The first kappa shape index (κ1) is 20.1. The monoisotopic (exact) mass is 340 g/mol. The number of carbonyl (C=O) groups excluding carboxylic acids is 1. The molecule has 0 atom stereocenters. The van der Waals surface area contributed by atoms with Crippen molar-refractivity contribution in [2.45, 2.75) is 70.8 Å². The highest BCUT2D eigenvalue weighted by Gasteiger charge is 1.99. The molecule has 0 aliphatic rings. The Labute approximate surface area is 145 Å². The van der Waals surface area contributed by atoms with E-state index in [0.29, 0.717) is 0 Å². The van der Waals surface area contributed by atoms with Crippen molar-refractivity contribution in [3.8, 4) is 0 Å². The molecule has 0 saturated carbocycles. The molecule has 1 aromatic heterocycles. The Hall–Kier alpha value is -0.970. The summed E-state index contributed by atoms with van der Waals surface area (Å²) in [6.07, 6.45) is 17.3. The normalized spacial score (nSPS) is 11.0. The van der Waals surface area contributed by atoms with E-state index in [4.69, 9.17) is 0 Å². The van der Waals surface area contributed by atoms with Crippen LogP contribution in [0, 0.1) is 0 Å². The molecule has 0 aliphatic heterocycles. The quantitative estimate of drug-likeness (QED) is 0.364. The molecule has 0 amide bonds. The summed E-state index contributed by atoms with van der Waals surface area (Å²) < 4.78 is 4.32. The number of carboxylic acids is 1. The molecular weight excluding hydrogens is 308 g/mol. The molecule has 0 N–H and O–H groups in total. The fourth-order valence-electron chi connectivity index (χ4n) is 2.62. The molecule has 0 bridgehead atoms. The topological polar surface area (TPSA) is 48.9 Å². The third kappa shape index (κ3) is 12.2. The maximum absolute atomic E-state index is 10.3. The molecule has 0 aromatic carbocycles. The molecule has 0 radical (unpaired) electrons. The Bertz CT molecular complexity index is 421. The number of carbonyl (C=O) groups is 1. The summed E-state index contributed by atoms with van der Waals surface area (Å²) in [5, 5.41) is 10.3. The lowest BCUT2D eigenvalue weighted by atomic mass is 10.1. The van der Waals surface area contributed by atoms with Crippen LogP contribution in [0.1, 0.15) is 64.2 Å². The number of unbranched alkanes of at least 4 members (excludes halogenated alkanes) is 7. The van der Waals surface area contributed by atoms with E-state index in [1.54, 1.807) is 0 Å². The van der Waals surface area contributed by atoms with Crippen molar-refractivity contribution in [3.05, 3.63) is 18.7 Å². The van der Waals surface area contributed by atoms with E-state index in [2.05, 4.69) is 46.7 Å². The van der Waals surface area contributed by atoms with Gasteiger partial charge in [0, 0.05) is 5.97 Å². The highest BCUT2D eigenvalue weighted by molar-refractivity contribution is 7.99. The third-order valence-corrected chi connectivity index (χ3v) is 5.10. The van der Waals surface area contributed by atoms with E-state index < -0.39 is 5.97 Å². The number of aryl methyl sites for hydroxylation is 2. The molecule has 0 spiro atoms. The smallest absolute Gasteiger partial charge is 0.243 e. The average molecular weight is 341 g/mol. The van der Waals surface area contributed by atoms with Gasteiger partial charge >= 0.3 is 0 Å². The van der Waals surface area contributed by atoms with Crippen LogP contribution in [-0.4, -0.2) is 22.0 Å². The summed E-state index contributed by atoms with van der Waals surface area (Å²) in [6, 6.07) is 0. The van der Waals surface area contributed by atoms with Gasteiger partial charge in [0.15, 0.2) is 0 Å². The van der Waals surface area contributed by atoms with Gasteiger partial charge in [-0.25, -0.2) is 9.13 Å². The van der Waals surface area contributed by atoms with E-state index in [1.165, 1.54) is 56.5 Å². The van der Waals surface area contributed by atoms with Gasteiger partial charge in [-0.15, -0.1) is 0 Å². The van der Waals surface area contributed by atoms with Gasteiger partial charge in [0.25, 0.3) is 0 Å². The summed E-state index contributed by atoms with van der Waals surface area (Å²) in [6.45, 7) is 1.12. The van der Waals surface area contributed by atoms with Gasteiger partial charge in [0.1, 0.15) is 12.4 Å². The van der Waals surface area contributed by atoms with Crippen molar-refractivity contribution in [1.29, 1.82) is 0 Å². The van der Waals surface area contributed by atoms with Crippen molar-refractivity contribution in [2.75, 3.05) is 11.5 Å². The van der Waals surface area contributed by atoms with Crippen LogP contribution in [0.15, 0.2) is 18.7 Å². The van der Waals surface area contributed by atoms with Gasteiger partial charge < -0.3 is 9.90 Å². The highest BCUT2D eigenvalue weighted by Crippen LogP contribution is 2.12. The molecule has 132 valence electrons. The fourth-order valence-corrected chi connectivity index (χ4v) is 3.56. The molecule has 1 rings (SSSR count). The third-order valence-electron chi connectivity index (χ3n) is 3.95. The molecule has 4 nitrogen and oxygen atoms in total. The molecule has 0 fully saturated rings. The second-order valence-electron chi connectivity index (χ2n) is 6.23. The number of aromatic nitrogens is 2. The van der Waals surface area contributed by atoms with Crippen LogP contribution >= 0.6 is 11.8 Å². The predicted molar refractivity (Wildman–Crippen MR) is 94.1 cm³/mol. The lowest BCUT2D eigenvalue weighted by Gasteiger charge is -2.03. The first-order valence-corrected chi connectivity index (χ1v) is 10.1. The molecular formula is C18H32N2O2S. The van der Waals surface area contributed by atoms with E-state index in [9.17, 15) is 9.90 Å². The second kappa shape index (κ2) is 13.5. The van der Waals surface area contributed by atoms with Gasteiger partial charge in [-0.1, -0.05) is 38.5 Å². The molecule has 23 heavy (non-hydrogen) atoms. The largest absolute Gasteiger partial charge is 0.550 e. The van der Waals surface area contributed by atoms with Gasteiger partial charge in [-0.05, 0) is 37.2 Å². The van der Waals surface area contributed by atoms with E-state index >= 15 is 0 Å². The number of rotatable bonds is 15. The molecule has 5 heteroatoms. The summed E-state index contributed by atoms with van der Waals surface area (Å²) in [5.74, 6) is 1.62. The summed E-state index contributed by atoms with van der Waals surface area (Å²) in [5.41, 5.74) is 0. The van der Waals surface area contributed by atoms with Crippen LogP contribution in [0.25, 0.3) is 0 Å². The Morgan fingerprint density at radius 2 is 1.61 bits per heavy atom. The van der Waals surface area contributed by atoms with E-state index in [0.717, 1.165) is 19.4 Å². The van der Waals surface area contributed by atoms with E-state index in [1.807, 2.05) is 0 Å². The first-order valence-electron chi connectivity index (χ1n) is 8.97. The van der Waals surface area contributed by atoms with Gasteiger partial charge in [-0.3, -0.25) is 0 Å². The number of thioether (sulfide) groups is 1. The second-order valence-corrected chi connectivity index (χ2v) is 7.46. The molecule has 0 saturated heterocycles. The number of hydrogen-bond acceptors (Lipinski definition) is 3. The number of hydrogen-bond donors (Lipinski definition) is 0. The zero-order chi connectivity index (χ0) is 16.8. The van der Waals surface area contributed by atoms with Crippen molar-refractivity contribution in [3.63, 3.8) is 0 Å². The number of imidazole rings is 1. The summed E-state index contributed by atoms with van der Waals surface area (Å²) in [4.78, 5) is 10.3. The number of aliphatic carboxylic acids is 1. The van der Waals surface area contributed by atoms with Gasteiger partial charge in [-0.2, -0.15) is 11.8 Å². The summed E-state index contributed by atoms with van der Waals surface area (Å²) >= 11 is 2.08. The van der Waals surface area contributed by atoms with Crippen molar-refractivity contribution >= 4 is 17.7 Å². The highest BCUT2D eigenvalue weighted by atomic mass is 32.2. The van der Waals surface area contributed by atoms with E-state index in [-0.39, 0.29) is 6.42 Å². The maximum Gasteiger partial charge on any atom is 0.243 e. The number of nitrogens with zero attached hydrogens (tertiary/aromatic N) is 2. The van der Waals surface area contributed by atoms with Crippen LogP contribution < -0.4 is 9.67 Å². The minimum absolute atomic E-state index is 0.222. The lowest BCUT2D eigenvalue weighted by Crippen LogP contribution is -2.23. The Balaban J connectivity index is 1.74. The lowest BCUT2D eigenvalue weighted by molar-refractivity contribution is -0.671. The minimum Gasteiger partial charge on any atom is -0.550 e. The molecule has 1 aromatic rings. The van der Waals surface area contributed by atoms with Crippen molar-refractivity contribution in [2.24, 2.45) is 7.05 Å². The Kier molecular flexibility index (Phi) is 11.8. The fraction of sp³-hybridized carbons (Fsp3) is 0.778. The average Bonchev–Trinajstić information content (AvgIpc) is 2.93. The Morgan fingerprint density at radius 1 is 1.00 bits per heavy atom. The molecule has 1 heterocycles. The zero-order valence-electron chi connectivity index (χ0n) is 14.5. The van der Waals surface area contributed by atoms with Crippen LogP contribution in [0.2, 0.25) is 0 Å². The van der Waals surface area contributed by atoms with Crippen molar-refractivity contribution in [1.82, 2.24) is 4.57 Å². The van der Waals surface area contributed by atoms with Crippen LogP contribution in [-0.2, 0) is 18.4 Å². The SMILES string of the molecule is C[n+]1ccn(CCCSCCCCCCCCCCC(=O)[O-])c1. The standard InChI is InChI=1S/C18H32N2O2S/c1-19-13-14-20(17-19)12-10-16-23-15-9-7-5-3-2-4-6-8-11-18(21)22/h13-14,17H,2-12,15-16H2,1H3. The predicted octanol–water partition coefficient (Wildman–Crippen LogP) is 2.70. The minimum atomic E-state index is -0.912. The van der Waals surface area contributed by atoms with Gasteiger partial charge in [0.05, 0.1) is 13.6 Å². The van der Waals surface area contributed by atoms with Crippen LogP contribution in [0.3, 0.4) is 0 Å². The first-order chi connectivity index (χ1) is 11.2. The Morgan fingerprint density at radius 3 is 2.22 bits per heavy atom. The van der Waals surface area contributed by atoms with Gasteiger partial charge in [0.2, 0.25) is 6.33 Å². The summed E-state index contributed by atoms with van der Waals surface area (Å²) in [7, 11) is 2.05. The number of carboxylic acid groups (broad SMARTS) is 1. The molecule has 0 unspecified atom stereocenters. The molecule has 0 aliphatic carbocycles. The zero-order valence-corrected chi connectivity index (χ0v) is 15.4.